The normalized spacial score (nSPS) is 11.9. The summed E-state index contributed by atoms with van der Waals surface area (Å²) >= 11 is 0. The van der Waals surface area contributed by atoms with Crippen LogP contribution in [0.25, 0.3) is 22.3 Å². The highest BCUT2D eigenvalue weighted by Gasteiger charge is 2.32. The quantitative estimate of drug-likeness (QED) is 0.491. The minimum Gasteiger partial charge on any atom is -0.464 e. The average molecular weight is 425 g/mol. The smallest absolute Gasteiger partial charge is 0.331 e. The number of hydrogen-bond acceptors (Lipinski definition) is 7. The molecule has 0 aliphatic rings. The van der Waals surface area contributed by atoms with Crippen molar-refractivity contribution in [2.75, 3.05) is 13.2 Å². The zero-order valence-corrected chi connectivity index (χ0v) is 18.5. The second-order valence-corrected chi connectivity index (χ2v) is 8.17. The maximum absolute atomic E-state index is 11.9. The van der Waals surface area contributed by atoms with Crippen LogP contribution in [-0.2, 0) is 20.6 Å². The Hall–Kier alpha value is -3.33. The molecule has 4 rings (SSSR count). The van der Waals surface area contributed by atoms with Crippen LogP contribution in [0.15, 0.2) is 49.3 Å². The number of esters is 1. The fourth-order valence-electron chi connectivity index (χ4n) is 3.11. The molecule has 9 heteroatoms. The van der Waals surface area contributed by atoms with Crippen LogP contribution in [0.2, 0.25) is 0 Å². The van der Waals surface area contributed by atoms with E-state index in [4.69, 9.17) is 4.74 Å². The van der Waals surface area contributed by atoms with E-state index in [9.17, 15) is 9.90 Å². The van der Waals surface area contributed by atoms with E-state index in [1.807, 2.05) is 42.7 Å². The van der Waals surface area contributed by atoms with E-state index in [1.165, 1.54) is 0 Å². The van der Waals surface area contributed by atoms with Crippen LogP contribution in [0, 0.1) is 0 Å². The Labute approximate surface area is 180 Å². The molecular formula is C22H28N6O3. The van der Waals surface area contributed by atoms with Crippen LogP contribution in [0.1, 0.15) is 34.6 Å². The number of aromatic nitrogens is 6. The third kappa shape index (κ3) is 4.41. The molecule has 4 aromatic heterocycles. The summed E-state index contributed by atoms with van der Waals surface area (Å²) in [6, 6.07) is 7.53. The van der Waals surface area contributed by atoms with Crippen LogP contribution in [0.3, 0.4) is 0 Å². The lowest BCUT2D eigenvalue weighted by molar-refractivity contribution is -0.152. The summed E-state index contributed by atoms with van der Waals surface area (Å²) in [5.41, 5.74) is 2.00. The van der Waals surface area contributed by atoms with E-state index in [2.05, 4.69) is 19.9 Å². The molecule has 0 aliphatic heterocycles. The van der Waals surface area contributed by atoms with Gasteiger partial charge in [0.25, 0.3) is 0 Å². The molecule has 31 heavy (non-hydrogen) atoms. The Morgan fingerprint density at radius 1 is 0.935 bits per heavy atom. The molecule has 0 amide bonds. The molecule has 0 aliphatic carbocycles. The summed E-state index contributed by atoms with van der Waals surface area (Å²) < 4.78 is 8.80. The second-order valence-electron chi connectivity index (χ2n) is 8.17. The average Bonchev–Trinajstić information content (AvgIpc) is 3.39. The molecule has 4 aromatic rings. The van der Waals surface area contributed by atoms with Crippen molar-refractivity contribution in [3.63, 3.8) is 0 Å². The Morgan fingerprint density at radius 2 is 1.45 bits per heavy atom. The molecule has 1 N–H and O–H groups in total. The van der Waals surface area contributed by atoms with E-state index < -0.39 is 5.54 Å². The fourth-order valence-corrected chi connectivity index (χ4v) is 3.11. The number of imidazole rings is 2. The van der Waals surface area contributed by atoms with Gasteiger partial charge in [0, 0.05) is 12.4 Å². The number of pyridine rings is 2. The van der Waals surface area contributed by atoms with Crippen molar-refractivity contribution in [1.82, 2.24) is 29.1 Å². The summed E-state index contributed by atoms with van der Waals surface area (Å²) in [6.45, 7) is 9.77. The third-order valence-electron chi connectivity index (χ3n) is 5.06. The number of carbonyl (C=O) groups excluding carboxylic acids is 1. The minimum atomic E-state index is -0.784. The highest BCUT2D eigenvalue weighted by molar-refractivity contribution is 5.81. The molecule has 0 aromatic carbocycles. The Morgan fingerprint density at radius 3 is 1.97 bits per heavy atom. The molecule has 0 saturated carbocycles. The molecule has 0 bridgehead atoms. The van der Waals surface area contributed by atoms with Gasteiger partial charge in [-0.1, -0.05) is 0 Å². The van der Waals surface area contributed by atoms with Gasteiger partial charge in [0.05, 0.1) is 42.4 Å². The maximum Gasteiger partial charge on any atom is 0.331 e. The first-order chi connectivity index (χ1) is 14.7. The third-order valence-corrected chi connectivity index (χ3v) is 5.06. The Balaban J connectivity index is 0.000000179. The van der Waals surface area contributed by atoms with Gasteiger partial charge in [-0.2, -0.15) is 0 Å². The van der Waals surface area contributed by atoms with Crippen LogP contribution in [0.5, 0.6) is 0 Å². The fraction of sp³-hybridized carbons (Fsp3) is 0.409. The summed E-state index contributed by atoms with van der Waals surface area (Å²) in [6.07, 6.45) is 6.73. The lowest BCUT2D eigenvalue weighted by Gasteiger charge is -2.24. The number of aliphatic hydroxyl groups is 1. The van der Waals surface area contributed by atoms with E-state index in [0.717, 1.165) is 11.0 Å². The number of hydrogen-bond donors (Lipinski definition) is 1. The first kappa shape index (κ1) is 22.4. The Bertz CT molecular complexity index is 1180. The zero-order valence-electron chi connectivity index (χ0n) is 18.5. The molecule has 0 saturated heterocycles. The highest BCUT2D eigenvalue weighted by Crippen LogP contribution is 2.23. The summed E-state index contributed by atoms with van der Waals surface area (Å²) in [4.78, 5) is 28.5. The summed E-state index contributed by atoms with van der Waals surface area (Å²) in [7, 11) is 0. The molecule has 0 fully saturated rings. The van der Waals surface area contributed by atoms with Gasteiger partial charge in [-0.3, -0.25) is 0 Å². The van der Waals surface area contributed by atoms with Crippen LogP contribution in [0.4, 0.5) is 0 Å². The van der Waals surface area contributed by atoms with Gasteiger partial charge in [0.1, 0.15) is 5.54 Å². The molecule has 0 spiro atoms. The Kier molecular flexibility index (Phi) is 6.35. The number of fused-ring (bicyclic) bond motifs is 2. The van der Waals surface area contributed by atoms with Crippen LogP contribution >= 0.6 is 0 Å². The lowest BCUT2D eigenvalue weighted by Crippen LogP contribution is -2.36. The molecule has 0 atom stereocenters. The summed E-state index contributed by atoms with van der Waals surface area (Å²) in [5, 5.41) is 9.26. The van der Waals surface area contributed by atoms with Crippen molar-refractivity contribution in [1.29, 1.82) is 0 Å². The largest absolute Gasteiger partial charge is 0.464 e. The van der Waals surface area contributed by atoms with Gasteiger partial charge in [-0.25, -0.2) is 24.7 Å². The molecule has 9 nitrogen and oxygen atoms in total. The van der Waals surface area contributed by atoms with E-state index in [0.29, 0.717) is 17.9 Å². The molecule has 0 unspecified atom stereocenters. The van der Waals surface area contributed by atoms with Crippen molar-refractivity contribution >= 4 is 28.3 Å². The highest BCUT2D eigenvalue weighted by atomic mass is 16.5. The first-order valence-electron chi connectivity index (χ1n) is 10.1. The minimum absolute atomic E-state index is 0.0767. The van der Waals surface area contributed by atoms with Crippen molar-refractivity contribution in [2.24, 2.45) is 0 Å². The van der Waals surface area contributed by atoms with Crippen molar-refractivity contribution in [3.05, 3.63) is 49.3 Å². The van der Waals surface area contributed by atoms with Crippen LogP contribution < -0.4 is 0 Å². The monoisotopic (exact) mass is 424 g/mol. The molecule has 4 heterocycles. The number of ether oxygens (including phenoxy) is 1. The predicted octanol–water partition coefficient (Wildman–Crippen LogP) is 2.89. The second kappa shape index (κ2) is 8.81. The number of rotatable bonds is 5. The lowest BCUT2D eigenvalue weighted by atomic mass is 10.1. The molecule has 164 valence electrons. The van der Waals surface area contributed by atoms with Crippen molar-refractivity contribution in [3.8, 4) is 0 Å². The molecular weight excluding hydrogens is 396 g/mol. The van der Waals surface area contributed by atoms with Gasteiger partial charge in [-0.05, 0) is 58.9 Å². The standard InChI is InChI=1S/C12H15N3O2.C10H13N3O/c1-4-17-11(16)12(2,3)15-8-14-10-9(15)6-5-7-13-10;1-10(2,6-14)13-7-12-9-8(13)4-3-5-11-9/h5-8H,4H2,1-3H3;3-5,7,14H,6H2,1-2H3. The number of aliphatic hydroxyl groups excluding tert-OH is 1. The van der Waals surface area contributed by atoms with Crippen LogP contribution in [-0.4, -0.2) is 53.4 Å². The van der Waals surface area contributed by atoms with Gasteiger partial charge >= 0.3 is 5.97 Å². The first-order valence-corrected chi connectivity index (χ1v) is 10.1. The van der Waals surface area contributed by atoms with Crippen molar-refractivity contribution < 1.29 is 14.6 Å². The number of carbonyl (C=O) groups is 1. The van der Waals surface area contributed by atoms with Gasteiger partial charge in [-0.15, -0.1) is 0 Å². The van der Waals surface area contributed by atoms with Gasteiger partial charge in [0.2, 0.25) is 0 Å². The zero-order chi connectivity index (χ0) is 22.6. The SMILES string of the molecule is CC(C)(CO)n1cnc2ncccc21.CCOC(=O)C(C)(C)n1cnc2ncccc21. The topological polar surface area (TPSA) is 108 Å². The summed E-state index contributed by atoms with van der Waals surface area (Å²) in [5.74, 6) is -0.275. The number of nitrogens with zero attached hydrogens (tertiary/aromatic N) is 6. The van der Waals surface area contributed by atoms with E-state index in [-0.39, 0.29) is 18.1 Å². The van der Waals surface area contributed by atoms with Gasteiger partial charge < -0.3 is 19.0 Å². The van der Waals surface area contributed by atoms with E-state index in [1.54, 1.807) is 50.4 Å². The van der Waals surface area contributed by atoms with Gasteiger partial charge in [0.15, 0.2) is 11.3 Å². The maximum atomic E-state index is 11.9. The molecule has 0 radical (unpaired) electrons. The van der Waals surface area contributed by atoms with E-state index >= 15 is 0 Å². The van der Waals surface area contributed by atoms with Crippen molar-refractivity contribution in [2.45, 2.75) is 45.7 Å². The predicted molar refractivity (Wildman–Crippen MR) is 117 cm³/mol.